The minimum atomic E-state index is 1.19. The molecular formula is C14H18IN. The molecule has 16 heavy (non-hydrogen) atoms. The maximum atomic E-state index is 2.50. The van der Waals surface area contributed by atoms with Crippen LogP contribution in [-0.2, 0) is 13.5 Å². The van der Waals surface area contributed by atoms with Crippen LogP contribution in [-0.4, -0.2) is 4.57 Å². The second kappa shape index (κ2) is 4.78. The van der Waals surface area contributed by atoms with Gasteiger partial charge in [-0.05, 0) is 54.5 Å². The molecule has 1 heterocycles. The first-order chi connectivity index (χ1) is 7.65. The fourth-order valence-electron chi connectivity index (χ4n) is 2.19. The van der Waals surface area contributed by atoms with Crippen LogP contribution in [0.15, 0.2) is 18.2 Å². The topological polar surface area (TPSA) is 4.93 Å². The van der Waals surface area contributed by atoms with Crippen LogP contribution in [0.2, 0.25) is 0 Å². The number of halogens is 1. The summed E-state index contributed by atoms with van der Waals surface area (Å²) in [5, 5.41) is 1.41. The van der Waals surface area contributed by atoms with Crippen LogP contribution >= 0.6 is 22.6 Å². The number of hydrogen-bond donors (Lipinski definition) is 0. The zero-order valence-corrected chi connectivity index (χ0v) is 12.3. The minimum absolute atomic E-state index is 1.19. The molecule has 0 fully saturated rings. The Morgan fingerprint density at radius 3 is 2.75 bits per heavy atom. The van der Waals surface area contributed by atoms with Crippen molar-refractivity contribution >= 4 is 33.5 Å². The van der Waals surface area contributed by atoms with Crippen molar-refractivity contribution in [1.82, 2.24) is 4.57 Å². The lowest BCUT2D eigenvalue weighted by Crippen LogP contribution is -1.97. The van der Waals surface area contributed by atoms with Crippen LogP contribution in [0.5, 0.6) is 0 Å². The molecule has 0 aliphatic carbocycles. The Morgan fingerprint density at radius 1 is 1.31 bits per heavy atom. The van der Waals surface area contributed by atoms with Crippen molar-refractivity contribution in [1.29, 1.82) is 0 Å². The van der Waals surface area contributed by atoms with Gasteiger partial charge in [-0.1, -0.05) is 25.0 Å². The van der Waals surface area contributed by atoms with E-state index in [1.54, 1.807) is 0 Å². The molecule has 0 spiro atoms. The molecule has 2 aromatic rings. The second-order valence-electron chi connectivity index (χ2n) is 4.44. The molecule has 0 atom stereocenters. The first-order valence-corrected chi connectivity index (χ1v) is 6.96. The molecule has 1 nitrogen and oxygen atoms in total. The summed E-state index contributed by atoms with van der Waals surface area (Å²) < 4.78 is 3.79. The predicted octanol–water partition coefficient (Wildman–Crippen LogP) is 4.43. The van der Waals surface area contributed by atoms with E-state index in [1.165, 1.54) is 45.0 Å². The van der Waals surface area contributed by atoms with Crippen LogP contribution in [0.4, 0.5) is 0 Å². The van der Waals surface area contributed by atoms with Crippen molar-refractivity contribution in [3.63, 3.8) is 0 Å². The minimum Gasteiger partial charge on any atom is -0.347 e. The summed E-state index contributed by atoms with van der Waals surface area (Å²) in [6.45, 7) is 4.41. The molecule has 0 radical (unpaired) electrons. The highest BCUT2D eigenvalue weighted by Gasteiger charge is 2.11. The predicted molar refractivity (Wildman–Crippen MR) is 79.0 cm³/mol. The summed E-state index contributed by atoms with van der Waals surface area (Å²) in [5.41, 5.74) is 4.20. The Morgan fingerprint density at radius 2 is 2.06 bits per heavy atom. The Bertz CT molecular complexity index is 511. The van der Waals surface area contributed by atoms with Gasteiger partial charge in [0, 0.05) is 27.2 Å². The normalized spacial score (nSPS) is 11.2. The fourth-order valence-corrected chi connectivity index (χ4v) is 3.25. The first kappa shape index (κ1) is 12.0. The summed E-state index contributed by atoms with van der Waals surface area (Å²) in [6.07, 6.45) is 3.73. The number of aryl methyl sites for hydroxylation is 2. The Labute approximate surface area is 111 Å². The lowest BCUT2D eigenvalue weighted by Gasteiger charge is -2.03. The Balaban J connectivity index is 2.57. The summed E-state index contributed by atoms with van der Waals surface area (Å²) >= 11 is 2.50. The van der Waals surface area contributed by atoms with Crippen molar-refractivity contribution in [2.45, 2.75) is 33.1 Å². The van der Waals surface area contributed by atoms with Gasteiger partial charge in [0.15, 0.2) is 0 Å². The number of unbranched alkanes of at least 4 members (excludes halogenated alkanes) is 1. The number of aromatic nitrogens is 1. The highest BCUT2D eigenvalue weighted by atomic mass is 127. The zero-order chi connectivity index (χ0) is 11.7. The van der Waals surface area contributed by atoms with Crippen LogP contribution in [0.1, 0.15) is 31.0 Å². The smallest absolute Gasteiger partial charge is 0.0491 e. The van der Waals surface area contributed by atoms with Crippen LogP contribution in [0.25, 0.3) is 10.9 Å². The maximum absolute atomic E-state index is 2.50. The number of nitrogens with zero attached hydrogens (tertiary/aromatic N) is 1. The maximum Gasteiger partial charge on any atom is 0.0491 e. The van der Waals surface area contributed by atoms with E-state index in [2.05, 4.69) is 66.3 Å². The third-order valence-corrected chi connectivity index (χ3v) is 4.38. The summed E-state index contributed by atoms with van der Waals surface area (Å²) in [7, 11) is 2.19. The Kier molecular flexibility index (Phi) is 3.57. The van der Waals surface area contributed by atoms with Gasteiger partial charge in [-0.25, -0.2) is 0 Å². The van der Waals surface area contributed by atoms with Crippen molar-refractivity contribution in [2.75, 3.05) is 0 Å². The largest absolute Gasteiger partial charge is 0.347 e. The van der Waals surface area contributed by atoms with Crippen molar-refractivity contribution in [3.05, 3.63) is 33.0 Å². The SMILES string of the molecule is CCCCc1c(I)c2cc(C)ccc2n1C. The van der Waals surface area contributed by atoms with Gasteiger partial charge in [0.2, 0.25) is 0 Å². The summed E-state index contributed by atoms with van der Waals surface area (Å²) in [6, 6.07) is 6.73. The number of hydrogen-bond acceptors (Lipinski definition) is 0. The zero-order valence-electron chi connectivity index (χ0n) is 10.2. The van der Waals surface area contributed by atoms with Gasteiger partial charge in [0.05, 0.1) is 0 Å². The van der Waals surface area contributed by atoms with E-state index in [0.29, 0.717) is 0 Å². The number of rotatable bonds is 3. The molecule has 0 N–H and O–H groups in total. The lowest BCUT2D eigenvalue weighted by molar-refractivity contribution is 0.739. The van der Waals surface area contributed by atoms with Crippen molar-refractivity contribution in [2.24, 2.45) is 7.05 Å². The van der Waals surface area contributed by atoms with Gasteiger partial charge >= 0.3 is 0 Å². The Hall–Kier alpha value is -0.510. The molecule has 0 amide bonds. The third kappa shape index (κ3) is 1.99. The number of benzene rings is 1. The van der Waals surface area contributed by atoms with E-state index in [9.17, 15) is 0 Å². The molecule has 0 saturated carbocycles. The van der Waals surface area contributed by atoms with E-state index in [1.807, 2.05) is 0 Å². The molecule has 86 valence electrons. The highest BCUT2D eigenvalue weighted by Crippen LogP contribution is 2.28. The van der Waals surface area contributed by atoms with Gasteiger partial charge < -0.3 is 4.57 Å². The molecule has 2 heteroatoms. The molecule has 0 saturated heterocycles. The monoisotopic (exact) mass is 327 g/mol. The molecule has 0 bridgehead atoms. The van der Waals surface area contributed by atoms with Gasteiger partial charge in [0.25, 0.3) is 0 Å². The van der Waals surface area contributed by atoms with E-state index < -0.39 is 0 Å². The first-order valence-electron chi connectivity index (χ1n) is 5.88. The number of fused-ring (bicyclic) bond motifs is 1. The van der Waals surface area contributed by atoms with E-state index in [0.717, 1.165) is 0 Å². The molecule has 1 aromatic heterocycles. The fraction of sp³-hybridized carbons (Fsp3) is 0.429. The van der Waals surface area contributed by atoms with Crippen LogP contribution in [0.3, 0.4) is 0 Å². The van der Waals surface area contributed by atoms with Gasteiger partial charge in [-0.3, -0.25) is 0 Å². The molecular weight excluding hydrogens is 309 g/mol. The molecule has 0 aliphatic heterocycles. The summed E-state index contributed by atoms with van der Waals surface area (Å²) in [5.74, 6) is 0. The molecule has 1 aromatic carbocycles. The molecule has 2 rings (SSSR count). The van der Waals surface area contributed by atoms with Crippen LogP contribution in [0, 0.1) is 10.5 Å². The average molecular weight is 327 g/mol. The molecule has 0 unspecified atom stereocenters. The van der Waals surface area contributed by atoms with Crippen molar-refractivity contribution < 1.29 is 0 Å². The molecule has 0 aliphatic rings. The van der Waals surface area contributed by atoms with E-state index >= 15 is 0 Å². The average Bonchev–Trinajstić information content (AvgIpc) is 2.50. The van der Waals surface area contributed by atoms with E-state index in [-0.39, 0.29) is 0 Å². The lowest BCUT2D eigenvalue weighted by atomic mass is 10.1. The quantitative estimate of drug-likeness (QED) is 0.735. The van der Waals surface area contributed by atoms with Crippen molar-refractivity contribution in [3.8, 4) is 0 Å². The standard InChI is InChI=1S/C14H18IN/c1-4-5-6-13-14(15)11-9-10(2)7-8-12(11)16(13)3/h7-9H,4-6H2,1-3H3. The third-order valence-electron chi connectivity index (χ3n) is 3.18. The van der Waals surface area contributed by atoms with Gasteiger partial charge in [-0.2, -0.15) is 0 Å². The van der Waals surface area contributed by atoms with E-state index in [4.69, 9.17) is 0 Å². The summed E-state index contributed by atoms with van der Waals surface area (Å²) in [4.78, 5) is 0. The van der Waals surface area contributed by atoms with Crippen LogP contribution < -0.4 is 0 Å². The second-order valence-corrected chi connectivity index (χ2v) is 5.52. The van der Waals surface area contributed by atoms with Gasteiger partial charge in [0.1, 0.15) is 0 Å². The highest BCUT2D eigenvalue weighted by molar-refractivity contribution is 14.1. The van der Waals surface area contributed by atoms with Gasteiger partial charge in [-0.15, -0.1) is 0 Å².